The van der Waals surface area contributed by atoms with E-state index in [0.717, 1.165) is 22.8 Å². The summed E-state index contributed by atoms with van der Waals surface area (Å²) in [5, 5.41) is 3.02. The number of carbonyl (C=O) groups excluding carboxylic acids is 1. The maximum Gasteiger partial charge on any atom is 0.324 e. The van der Waals surface area contributed by atoms with E-state index in [1.807, 2.05) is 50.5 Å². The smallest absolute Gasteiger partial charge is 0.324 e. The number of urea groups is 1. The van der Waals surface area contributed by atoms with Crippen LogP contribution < -0.4 is 10.2 Å². The van der Waals surface area contributed by atoms with Crippen LogP contribution in [0, 0.1) is 0 Å². The van der Waals surface area contributed by atoms with Crippen molar-refractivity contribution in [1.29, 1.82) is 0 Å². The molecule has 0 saturated heterocycles. The molecule has 1 aromatic heterocycles. The van der Waals surface area contributed by atoms with Crippen molar-refractivity contribution < 1.29 is 4.79 Å². The van der Waals surface area contributed by atoms with Gasteiger partial charge < -0.3 is 10.2 Å². The molecule has 0 aliphatic carbocycles. The normalized spacial score (nSPS) is 14.1. The van der Waals surface area contributed by atoms with Crippen LogP contribution in [0.1, 0.15) is 11.3 Å². The van der Waals surface area contributed by atoms with Crippen LogP contribution in [0.25, 0.3) is 0 Å². The number of aromatic nitrogens is 1. The Morgan fingerprint density at radius 3 is 2.81 bits per heavy atom. The van der Waals surface area contributed by atoms with Crippen LogP contribution in [0.4, 0.5) is 16.3 Å². The first-order valence-corrected chi connectivity index (χ1v) is 6.93. The number of nitrogens with zero attached hydrogens (tertiary/aromatic N) is 3. The number of hydrogen-bond acceptors (Lipinski definition) is 3. The Kier molecular flexibility index (Phi) is 3.48. The summed E-state index contributed by atoms with van der Waals surface area (Å²) >= 11 is 0. The van der Waals surface area contributed by atoms with Gasteiger partial charge in [0.25, 0.3) is 0 Å². The first-order chi connectivity index (χ1) is 10.2. The first kappa shape index (κ1) is 13.4. The summed E-state index contributed by atoms with van der Waals surface area (Å²) in [5.41, 5.74) is 2.99. The van der Waals surface area contributed by atoms with Gasteiger partial charge in [-0.1, -0.05) is 24.3 Å². The number of anilines is 2. The SMILES string of the molecule is CNc1cccc(CN2C(=O)N(C)Cc3ccccc32)n1. The minimum absolute atomic E-state index is 0.00496. The number of carbonyl (C=O) groups is 1. The lowest BCUT2D eigenvalue weighted by molar-refractivity contribution is 0.210. The van der Waals surface area contributed by atoms with Crippen LogP contribution in [0.5, 0.6) is 0 Å². The molecule has 1 aliphatic rings. The zero-order valence-corrected chi connectivity index (χ0v) is 12.2. The number of benzene rings is 1. The summed E-state index contributed by atoms with van der Waals surface area (Å²) in [6, 6.07) is 13.8. The fourth-order valence-corrected chi connectivity index (χ4v) is 2.56. The van der Waals surface area contributed by atoms with Crippen LogP contribution in [-0.4, -0.2) is 30.0 Å². The molecule has 21 heavy (non-hydrogen) atoms. The van der Waals surface area contributed by atoms with E-state index in [1.54, 1.807) is 9.80 Å². The largest absolute Gasteiger partial charge is 0.373 e. The van der Waals surface area contributed by atoms with Gasteiger partial charge in [-0.05, 0) is 23.8 Å². The number of amides is 2. The van der Waals surface area contributed by atoms with Gasteiger partial charge in [0.15, 0.2) is 0 Å². The molecule has 0 bridgehead atoms. The lowest BCUT2D eigenvalue weighted by atomic mass is 10.1. The fourth-order valence-electron chi connectivity index (χ4n) is 2.56. The van der Waals surface area contributed by atoms with Crippen LogP contribution in [-0.2, 0) is 13.1 Å². The molecule has 5 heteroatoms. The second-order valence-corrected chi connectivity index (χ2v) is 5.12. The fraction of sp³-hybridized carbons (Fsp3) is 0.250. The molecule has 0 radical (unpaired) electrons. The maximum absolute atomic E-state index is 12.5. The molecule has 3 rings (SSSR count). The molecule has 2 amide bonds. The summed E-state index contributed by atoms with van der Waals surface area (Å²) in [6.45, 7) is 1.12. The molecule has 0 saturated carbocycles. The van der Waals surface area contributed by atoms with Crippen LogP contribution in [0.2, 0.25) is 0 Å². The van der Waals surface area contributed by atoms with E-state index in [1.165, 1.54) is 0 Å². The van der Waals surface area contributed by atoms with Gasteiger partial charge in [-0.3, -0.25) is 4.90 Å². The zero-order valence-electron chi connectivity index (χ0n) is 12.2. The van der Waals surface area contributed by atoms with E-state index in [4.69, 9.17) is 0 Å². The van der Waals surface area contributed by atoms with Crippen LogP contribution >= 0.6 is 0 Å². The zero-order chi connectivity index (χ0) is 14.8. The molecular weight excluding hydrogens is 264 g/mol. The number of para-hydroxylation sites is 1. The van der Waals surface area contributed by atoms with Gasteiger partial charge in [-0.2, -0.15) is 0 Å². The minimum atomic E-state index is 0.00496. The van der Waals surface area contributed by atoms with E-state index in [9.17, 15) is 4.79 Å². The van der Waals surface area contributed by atoms with E-state index in [0.29, 0.717) is 13.1 Å². The van der Waals surface area contributed by atoms with Gasteiger partial charge in [0.2, 0.25) is 0 Å². The quantitative estimate of drug-likeness (QED) is 0.941. The van der Waals surface area contributed by atoms with Crippen molar-refractivity contribution in [2.24, 2.45) is 0 Å². The molecule has 0 atom stereocenters. The van der Waals surface area contributed by atoms with E-state index < -0.39 is 0 Å². The van der Waals surface area contributed by atoms with Crippen molar-refractivity contribution in [1.82, 2.24) is 9.88 Å². The average molecular weight is 282 g/mol. The molecule has 0 unspecified atom stereocenters. The van der Waals surface area contributed by atoms with Crippen molar-refractivity contribution in [3.8, 4) is 0 Å². The van der Waals surface area contributed by atoms with Crippen molar-refractivity contribution >= 4 is 17.5 Å². The van der Waals surface area contributed by atoms with Crippen molar-refractivity contribution in [2.75, 3.05) is 24.3 Å². The maximum atomic E-state index is 12.5. The lowest BCUT2D eigenvalue weighted by Gasteiger charge is -2.35. The van der Waals surface area contributed by atoms with Gasteiger partial charge in [0.1, 0.15) is 5.82 Å². The van der Waals surface area contributed by atoms with Crippen molar-refractivity contribution in [2.45, 2.75) is 13.1 Å². The highest BCUT2D eigenvalue weighted by molar-refractivity contribution is 5.94. The van der Waals surface area contributed by atoms with Gasteiger partial charge in [-0.15, -0.1) is 0 Å². The monoisotopic (exact) mass is 282 g/mol. The summed E-state index contributed by atoms with van der Waals surface area (Å²) < 4.78 is 0. The summed E-state index contributed by atoms with van der Waals surface area (Å²) in [4.78, 5) is 20.5. The Bertz CT molecular complexity index is 671. The predicted molar refractivity (Wildman–Crippen MR) is 83.3 cm³/mol. The number of hydrogen-bond donors (Lipinski definition) is 1. The average Bonchev–Trinajstić information content (AvgIpc) is 2.52. The van der Waals surface area contributed by atoms with Gasteiger partial charge >= 0.3 is 6.03 Å². The highest BCUT2D eigenvalue weighted by atomic mass is 16.2. The predicted octanol–water partition coefficient (Wildman–Crippen LogP) is 2.70. The number of pyridine rings is 1. The Morgan fingerprint density at radius 1 is 1.19 bits per heavy atom. The molecule has 2 heterocycles. The highest BCUT2D eigenvalue weighted by Gasteiger charge is 2.27. The van der Waals surface area contributed by atoms with Gasteiger partial charge in [-0.25, -0.2) is 9.78 Å². The number of rotatable bonds is 3. The minimum Gasteiger partial charge on any atom is -0.373 e. The summed E-state index contributed by atoms with van der Waals surface area (Å²) in [5.74, 6) is 0.804. The molecular formula is C16H18N4O. The Hall–Kier alpha value is -2.56. The lowest BCUT2D eigenvalue weighted by Crippen LogP contribution is -2.44. The van der Waals surface area contributed by atoms with E-state index in [-0.39, 0.29) is 6.03 Å². The third-order valence-corrected chi connectivity index (χ3v) is 3.63. The second-order valence-electron chi connectivity index (χ2n) is 5.12. The molecule has 1 N–H and O–H groups in total. The molecule has 1 aromatic carbocycles. The third-order valence-electron chi connectivity index (χ3n) is 3.63. The second kappa shape index (κ2) is 5.44. The van der Waals surface area contributed by atoms with Crippen molar-refractivity contribution in [3.05, 3.63) is 53.7 Å². The van der Waals surface area contributed by atoms with Gasteiger partial charge in [0.05, 0.1) is 17.9 Å². The number of fused-ring (bicyclic) bond motifs is 1. The first-order valence-electron chi connectivity index (χ1n) is 6.93. The Balaban J connectivity index is 1.94. The summed E-state index contributed by atoms with van der Waals surface area (Å²) in [6.07, 6.45) is 0. The Labute approximate surface area is 124 Å². The van der Waals surface area contributed by atoms with Gasteiger partial charge in [0, 0.05) is 20.6 Å². The molecule has 0 fully saturated rings. The molecule has 1 aliphatic heterocycles. The van der Waals surface area contributed by atoms with E-state index in [2.05, 4.69) is 16.4 Å². The standard InChI is InChI=1S/C16H18N4O/c1-17-15-9-5-7-13(18-15)11-20-14-8-4-3-6-12(14)10-19(2)16(20)21/h3-9H,10-11H2,1-2H3,(H,17,18). The summed E-state index contributed by atoms with van der Waals surface area (Å²) in [7, 11) is 3.66. The number of nitrogens with one attached hydrogen (secondary N) is 1. The van der Waals surface area contributed by atoms with E-state index >= 15 is 0 Å². The van der Waals surface area contributed by atoms with Crippen molar-refractivity contribution in [3.63, 3.8) is 0 Å². The van der Waals surface area contributed by atoms with Crippen LogP contribution in [0.15, 0.2) is 42.5 Å². The molecule has 2 aromatic rings. The molecule has 0 spiro atoms. The van der Waals surface area contributed by atoms with Crippen LogP contribution in [0.3, 0.4) is 0 Å². The third kappa shape index (κ3) is 2.54. The topological polar surface area (TPSA) is 48.5 Å². The molecule has 108 valence electrons. The highest BCUT2D eigenvalue weighted by Crippen LogP contribution is 2.28. The Morgan fingerprint density at radius 2 is 2.00 bits per heavy atom. The molecule has 5 nitrogen and oxygen atoms in total.